The second kappa shape index (κ2) is 5.13. The summed E-state index contributed by atoms with van der Waals surface area (Å²) < 4.78 is 6.28. The fraction of sp³-hybridized carbons (Fsp3) is 1.00. The van der Waals surface area contributed by atoms with Gasteiger partial charge >= 0.3 is 0 Å². The van der Waals surface area contributed by atoms with E-state index in [9.17, 15) is 0 Å². The van der Waals surface area contributed by atoms with Crippen LogP contribution in [0.5, 0.6) is 0 Å². The van der Waals surface area contributed by atoms with Gasteiger partial charge in [-0.2, -0.15) is 0 Å². The molecular weight excluding hydrogens is 222 g/mol. The third kappa shape index (κ3) is 3.27. The molecule has 0 aromatic carbocycles. The van der Waals surface area contributed by atoms with Gasteiger partial charge in [-0.25, -0.2) is 0 Å². The van der Waals surface area contributed by atoms with Crippen molar-refractivity contribution in [2.24, 2.45) is 11.3 Å². The van der Waals surface area contributed by atoms with Crippen LogP contribution in [0.2, 0.25) is 0 Å². The third-order valence-electron chi connectivity index (χ3n) is 4.72. The van der Waals surface area contributed by atoms with Crippen molar-refractivity contribution in [1.82, 2.24) is 5.32 Å². The SMILES string of the molecule is CCNC(C1CC(C)(C)OC1(C)C)C(C)(C)CC. The van der Waals surface area contributed by atoms with E-state index < -0.39 is 0 Å². The van der Waals surface area contributed by atoms with E-state index in [1.165, 1.54) is 6.42 Å². The van der Waals surface area contributed by atoms with Gasteiger partial charge in [0.1, 0.15) is 0 Å². The number of rotatable bonds is 5. The largest absolute Gasteiger partial charge is 0.369 e. The number of hydrogen-bond donors (Lipinski definition) is 1. The standard InChI is InChI=1S/C16H33NO/c1-9-14(3,4)13(17-10-2)12-11-15(5,6)18-16(12,7)8/h12-13,17H,9-11H2,1-8H3. The monoisotopic (exact) mass is 255 g/mol. The summed E-state index contributed by atoms with van der Waals surface area (Å²) in [5.41, 5.74) is 0.274. The number of hydrogen-bond acceptors (Lipinski definition) is 2. The quantitative estimate of drug-likeness (QED) is 0.802. The van der Waals surface area contributed by atoms with Crippen LogP contribution in [0.1, 0.15) is 68.2 Å². The van der Waals surface area contributed by atoms with Crippen LogP contribution >= 0.6 is 0 Å². The van der Waals surface area contributed by atoms with Gasteiger partial charge in [0.25, 0.3) is 0 Å². The highest BCUT2D eigenvalue weighted by molar-refractivity contribution is 5.03. The predicted molar refractivity (Wildman–Crippen MR) is 78.9 cm³/mol. The van der Waals surface area contributed by atoms with Gasteiger partial charge in [0.05, 0.1) is 11.2 Å². The lowest BCUT2D eigenvalue weighted by molar-refractivity contribution is -0.0821. The van der Waals surface area contributed by atoms with Crippen LogP contribution in [0.4, 0.5) is 0 Å². The van der Waals surface area contributed by atoms with Crippen LogP contribution in [-0.2, 0) is 4.74 Å². The average molecular weight is 255 g/mol. The summed E-state index contributed by atoms with van der Waals surface area (Å²) in [6, 6.07) is 0.518. The Morgan fingerprint density at radius 1 is 1.22 bits per heavy atom. The average Bonchev–Trinajstić information content (AvgIpc) is 2.42. The summed E-state index contributed by atoms with van der Waals surface area (Å²) in [5, 5.41) is 3.73. The lowest BCUT2D eigenvalue weighted by Crippen LogP contribution is -2.52. The number of ether oxygens (including phenoxy) is 1. The van der Waals surface area contributed by atoms with E-state index in [4.69, 9.17) is 4.74 Å². The summed E-state index contributed by atoms with van der Waals surface area (Å²) in [7, 11) is 0. The molecule has 0 amide bonds. The molecule has 2 atom stereocenters. The van der Waals surface area contributed by atoms with Gasteiger partial charge in [0.15, 0.2) is 0 Å². The molecule has 2 nitrogen and oxygen atoms in total. The molecule has 0 bridgehead atoms. The summed E-state index contributed by atoms with van der Waals surface area (Å²) >= 11 is 0. The minimum atomic E-state index is -0.0389. The van der Waals surface area contributed by atoms with E-state index in [0.29, 0.717) is 17.4 Å². The zero-order valence-corrected chi connectivity index (χ0v) is 13.7. The minimum absolute atomic E-state index is 0.00561. The van der Waals surface area contributed by atoms with Crippen LogP contribution in [0, 0.1) is 11.3 Å². The van der Waals surface area contributed by atoms with Crippen LogP contribution < -0.4 is 5.32 Å². The molecule has 1 fully saturated rings. The third-order valence-corrected chi connectivity index (χ3v) is 4.72. The second-order valence-electron chi connectivity index (χ2n) is 7.65. The second-order valence-corrected chi connectivity index (χ2v) is 7.65. The maximum Gasteiger partial charge on any atom is 0.0677 e. The Bertz CT molecular complexity index is 281. The smallest absolute Gasteiger partial charge is 0.0677 e. The van der Waals surface area contributed by atoms with Crippen molar-refractivity contribution in [3.05, 3.63) is 0 Å². The molecule has 18 heavy (non-hydrogen) atoms. The van der Waals surface area contributed by atoms with Gasteiger partial charge in [-0.1, -0.05) is 27.7 Å². The lowest BCUT2D eigenvalue weighted by atomic mass is 9.69. The van der Waals surface area contributed by atoms with Gasteiger partial charge in [0, 0.05) is 12.0 Å². The van der Waals surface area contributed by atoms with Crippen LogP contribution in [0.3, 0.4) is 0 Å². The van der Waals surface area contributed by atoms with Crippen LogP contribution in [0.25, 0.3) is 0 Å². The normalized spacial score (nSPS) is 28.3. The van der Waals surface area contributed by atoms with Crippen LogP contribution in [-0.4, -0.2) is 23.8 Å². The van der Waals surface area contributed by atoms with Crippen molar-refractivity contribution in [3.63, 3.8) is 0 Å². The molecule has 1 aliphatic heterocycles. The Balaban J connectivity index is 3.00. The fourth-order valence-corrected chi connectivity index (χ4v) is 3.53. The first-order chi connectivity index (χ1) is 8.06. The van der Waals surface area contributed by atoms with Crippen molar-refractivity contribution >= 4 is 0 Å². The van der Waals surface area contributed by atoms with E-state index in [0.717, 1.165) is 13.0 Å². The molecule has 1 saturated heterocycles. The molecule has 0 aromatic rings. The fourth-order valence-electron chi connectivity index (χ4n) is 3.53. The maximum atomic E-state index is 6.28. The number of nitrogens with one attached hydrogen (secondary N) is 1. The summed E-state index contributed by atoms with van der Waals surface area (Å²) in [6.45, 7) is 19.2. The van der Waals surface area contributed by atoms with Gasteiger partial charge < -0.3 is 10.1 Å². The molecule has 1 heterocycles. The molecule has 0 aromatic heterocycles. The first-order valence-electron chi connectivity index (χ1n) is 7.49. The Labute approximate surface area is 114 Å². The van der Waals surface area contributed by atoms with E-state index >= 15 is 0 Å². The molecule has 2 unspecified atom stereocenters. The van der Waals surface area contributed by atoms with E-state index in [1.807, 2.05) is 0 Å². The summed E-state index contributed by atoms with van der Waals surface area (Å²) in [6.07, 6.45) is 2.33. The highest BCUT2D eigenvalue weighted by atomic mass is 16.5. The maximum absolute atomic E-state index is 6.28. The van der Waals surface area contributed by atoms with Crippen molar-refractivity contribution in [1.29, 1.82) is 0 Å². The van der Waals surface area contributed by atoms with Crippen molar-refractivity contribution < 1.29 is 4.74 Å². The molecule has 1 aliphatic rings. The Morgan fingerprint density at radius 2 is 1.78 bits per heavy atom. The summed E-state index contributed by atoms with van der Waals surface area (Å²) in [4.78, 5) is 0. The molecule has 1 rings (SSSR count). The molecule has 0 radical (unpaired) electrons. The Kier molecular flexibility index (Phi) is 4.55. The first-order valence-corrected chi connectivity index (χ1v) is 7.49. The van der Waals surface area contributed by atoms with Crippen molar-refractivity contribution in [2.75, 3.05) is 6.54 Å². The van der Waals surface area contributed by atoms with E-state index in [-0.39, 0.29) is 11.2 Å². The zero-order chi connectivity index (χ0) is 14.2. The topological polar surface area (TPSA) is 21.3 Å². The molecule has 0 saturated carbocycles. The Morgan fingerprint density at radius 3 is 2.11 bits per heavy atom. The zero-order valence-electron chi connectivity index (χ0n) is 13.7. The van der Waals surface area contributed by atoms with Gasteiger partial charge in [-0.3, -0.25) is 0 Å². The molecule has 1 N–H and O–H groups in total. The highest BCUT2D eigenvalue weighted by Gasteiger charge is 2.51. The molecular formula is C16H33NO. The lowest BCUT2D eigenvalue weighted by Gasteiger charge is -2.42. The molecule has 0 aliphatic carbocycles. The van der Waals surface area contributed by atoms with Gasteiger partial charge in [-0.15, -0.1) is 0 Å². The van der Waals surface area contributed by atoms with E-state index in [1.54, 1.807) is 0 Å². The molecule has 0 spiro atoms. The highest BCUT2D eigenvalue weighted by Crippen LogP contribution is 2.47. The minimum Gasteiger partial charge on any atom is -0.369 e. The predicted octanol–water partition coefficient (Wildman–Crippen LogP) is 3.99. The van der Waals surface area contributed by atoms with Gasteiger partial charge in [0.2, 0.25) is 0 Å². The van der Waals surface area contributed by atoms with Crippen LogP contribution in [0.15, 0.2) is 0 Å². The first kappa shape index (κ1) is 16.0. The summed E-state index contributed by atoms with van der Waals surface area (Å²) in [5.74, 6) is 0.572. The van der Waals surface area contributed by atoms with Crippen molar-refractivity contribution in [3.8, 4) is 0 Å². The molecule has 2 heteroatoms. The van der Waals surface area contributed by atoms with Gasteiger partial charge in [-0.05, 0) is 52.5 Å². The molecule has 108 valence electrons. The van der Waals surface area contributed by atoms with E-state index in [2.05, 4.69) is 60.7 Å². The van der Waals surface area contributed by atoms with Crippen molar-refractivity contribution in [2.45, 2.75) is 85.5 Å². The Hall–Kier alpha value is -0.0800.